The maximum atomic E-state index is 14.4. The number of sulfonamides is 1. The molecule has 3 saturated heterocycles. The molecule has 0 bridgehead atoms. The number of rotatable bonds is 22. The van der Waals surface area contributed by atoms with Gasteiger partial charge < -0.3 is 69.6 Å². The fraction of sp³-hybridized carbons (Fsp3) is 0.507. The monoisotopic (exact) mass is 1490 g/mol. The van der Waals surface area contributed by atoms with Crippen LogP contribution in [0.25, 0.3) is 44.4 Å². The summed E-state index contributed by atoms with van der Waals surface area (Å²) in [5, 5.41) is 11.8. The van der Waals surface area contributed by atoms with Crippen molar-refractivity contribution in [3.05, 3.63) is 115 Å². The van der Waals surface area contributed by atoms with E-state index in [2.05, 4.69) is 81.8 Å². The number of alkyl carbamates (subject to hydrolysis) is 3. The number of fused-ring (bicyclic) bond motifs is 1. The van der Waals surface area contributed by atoms with Crippen LogP contribution in [0.5, 0.6) is 11.6 Å². The van der Waals surface area contributed by atoms with Crippen LogP contribution in [0.2, 0.25) is 5.02 Å². The van der Waals surface area contributed by atoms with Gasteiger partial charge in [-0.3, -0.25) is 28.7 Å². The van der Waals surface area contributed by atoms with E-state index in [0.29, 0.717) is 47.5 Å². The third-order valence-corrected chi connectivity index (χ3v) is 21.6. The number of aromatic nitrogens is 5. The van der Waals surface area contributed by atoms with Crippen molar-refractivity contribution >= 4 is 80.2 Å². The van der Waals surface area contributed by atoms with Crippen LogP contribution in [-0.2, 0) is 48.2 Å². The fourth-order valence-corrected chi connectivity index (χ4v) is 15.1. The Balaban J connectivity index is 0.000000225. The first kappa shape index (κ1) is 77.8. The Labute approximate surface area is 616 Å². The number of imidazole rings is 2. The number of halogens is 1. The molecule has 2 aliphatic carbocycles. The molecule has 564 valence electrons. The van der Waals surface area contributed by atoms with Gasteiger partial charge in [-0.1, -0.05) is 115 Å². The van der Waals surface area contributed by atoms with Gasteiger partial charge in [0.15, 0.2) is 0 Å². The van der Waals surface area contributed by atoms with Gasteiger partial charge in [-0.25, -0.2) is 37.8 Å². The van der Waals surface area contributed by atoms with Crippen molar-refractivity contribution in [2.45, 2.75) is 179 Å². The topological polar surface area (TPSA) is 357 Å². The van der Waals surface area contributed by atoms with Gasteiger partial charge in [0.2, 0.25) is 39.5 Å². The number of H-pyrrole nitrogens is 2. The molecule has 8 amide bonds. The smallest absolute Gasteiger partial charge is 0.408 e. The molecule has 5 aliphatic rings. The molecule has 0 radical (unpaired) electrons. The molecule has 28 nitrogen and oxygen atoms in total. The summed E-state index contributed by atoms with van der Waals surface area (Å²) >= 11 is 6.32. The van der Waals surface area contributed by atoms with Crippen LogP contribution in [0.15, 0.2) is 98.0 Å². The number of likely N-dealkylation sites (tertiary alicyclic amines) is 3. The number of methoxy groups -OCH3 is 3. The average Bonchev–Trinajstić information content (AvgIpc) is 1.58. The molecule has 2 saturated carbocycles. The van der Waals surface area contributed by atoms with Gasteiger partial charge in [-0.2, -0.15) is 0 Å². The molecule has 3 aromatic carbocycles. The SMILES string of the molecule is C=C[C@@H]1C[C@]1(NC(=O)[C@@H]1C[C@@H](Oc2ncc(OC)c3ccc(Cl)cc23)CN1C(=O)[C@@H](NC(=O)OC(C)(C)C)C(C)(C)C)C(=O)NS(=O)(=O)C1CC1.COC(=O)N[C@H](C(=O)N1CCC[C@H]1c1ncc(-c2ccc(-c3ccc(-c4cnc([C@@H]5CCCN5C(=O)[C@@H](NC(=O)OC)C(C)C)[nH]4)cc3)cc2)[nH]1)C(C)C. The minimum Gasteiger partial charge on any atom is -0.494 e. The summed E-state index contributed by atoms with van der Waals surface area (Å²) in [6.07, 6.45) is 8.01. The number of pyridine rings is 1. The number of ether oxygens (including phenoxy) is 5. The second kappa shape index (κ2) is 31.9. The molecule has 11 rings (SSSR count). The van der Waals surface area contributed by atoms with Gasteiger partial charge in [0.25, 0.3) is 5.91 Å². The first-order valence-electron chi connectivity index (χ1n) is 35.4. The highest BCUT2D eigenvalue weighted by Gasteiger charge is 2.62. The van der Waals surface area contributed by atoms with E-state index < -0.39 is 104 Å². The molecule has 7 N–H and O–H groups in total. The zero-order chi connectivity index (χ0) is 76.2. The summed E-state index contributed by atoms with van der Waals surface area (Å²) in [6.45, 7) is 22.8. The Morgan fingerprint density at radius 3 is 1.62 bits per heavy atom. The highest BCUT2D eigenvalue weighted by atomic mass is 35.5. The predicted molar refractivity (Wildman–Crippen MR) is 392 cm³/mol. The predicted octanol–water partition coefficient (Wildman–Crippen LogP) is 10.1. The number of hydrogen-bond donors (Lipinski definition) is 7. The normalized spacial score (nSPS) is 21.0. The van der Waals surface area contributed by atoms with Crippen molar-refractivity contribution in [2.24, 2.45) is 23.2 Å². The van der Waals surface area contributed by atoms with E-state index in [-0.39, 0.29) is 61.0 Å². The highest BCUT2D eigenvalue weighted by Crippen LogP contribution is 2.46. The third kappa shape index (κ3) is 18.0. The molecule has 0 spiro atoms. The lowest BCUT2D eigenvalue weighted by atomic mass is 9.85. The lowest BCUT2D eigenvalue weighted by Gasteiger charge is -2.36. The number of benzene rings is 3. The van der Waals surface area contributed by atoms with E-state index in [4.69, 9.17) is 35.3 Å². The van der Waals surface area contributed by atoms with Crippen LogP contribution in [-0.4, -0.2) is 183 Å². The number of carbonyl (C=O) groups is 8. The second-order valence-electron chi connectivity index (χ2n) is 30.0. The second-order valence-corrected chi connectivity index (χ2v) is 32.4. The van der Waals surface area contributed by atoms with E-state index in [1.165, 1.54) is 38.5 Å². The van der Waals surface area contributed by atoms with Crippen LogP contribution >= 0.6 is 11.6 Å². The molecular weight excluding hydrogens is 1390 g/mol. The summed E-state index contributed by atoms with van der Waals surface area (Å²) in [5.41, 5.74) is 2.54. The van der Waals surface area contributed by atoms with Crippen molar-refractivity contribution in [1.29, 1.82) is 0 Å². The van der Waals surface area contributed by atoms with Crippen molar-refractivity contribution < 1.29 is 70.5 Å². The first-order chi connectivity index (χ1) is 49.7. The molecule has 105 heavy (non-hydrogen) atoms. The Morgan fingerprint density at radius 1 is 0.657 bits per heavy atom. The fourth-order valence-electron chi connectivity index (χ4n) is 13.6. The number of nitrogens with zero attached hydrogens (tertiary/aromatic N) is 6. The minimum atomic E-state index is -3.91. The molecule has 9 atom stereocenters. The van der Waals surface area contributed by atoms with Crippen LogP contribution in [0.3, 0.4) is 0 Å². The van der Waals surface area contributed by atoms with E-state index in [1.807, 2.05) is 52.0 Å². The molecule has 6 heterocycles. The summed E-state index contributed by atoms with van der Waals surface area (Å²) < 4.78 is 54.2. The Morgan fingerprint density at radius 2 is 1.17 bits per heavy atom. The van der Waals surface area contributed by atoms with Gasteiger partial charge in [-0.15, -0.1) is 6.58 Å². The van der Waals surface area contributed by atoms with Gasteiger partial charge in [0.1, 0.15) is 58.8 Å². The number of carbonyl (C=O) groups excluding carboxylic acids is 8. The maximum Gasteiger partial charge on any atom is 0.408 e. The standard InChI is InChI=1S/C40H50N8O6.C35H46ClN5O9S/c1-23(2)33(45-39(51)53-5)37(49)47-19-7-9-31(47)35-41-21-29(43-35)27-15-11-25(12-16-27)26-13-17-28(18-14-26)30-22-42-36(44-30)32-10-8-20-48(32)38(50)34(24(3)4)46-40(52)54-6;1-9-19-16-35(19,31(44)40-51(46,47)22-11-12-22)39-28(42)25-15-21(49-29-24-14-20(36)10-13-23(24)26(48-8)17-37-29)18-41(25)30(43)27(33(2,3)4)38-32(45)50-34(5,6)7/h11-18,21-24,31-34H,7-10,19-20H2,1-6H3,(H,41,43)(H,42,44)(H,45,51)(H,46,52);9-10,13-14,17,19,21-22,25,27H,1,11-12,15-16,18H2,2-8H3,(H,38,45)(H,39,42)(H,40,44)/t31-,32-,33-,34-;19-,21-,25+,27-,35-/m01/s1. The lowest BCUT2D eigenvalue weighted by molar-refractivity contribution is -0.143. The largest absolute Gasteiger partial charge is 0.494 e. The summed E-state index contributed by atoms with van der Waals surface area (Å²) in [7, 11) is 0.179. The van der Waals surface area contributed by atoms with Crippen molar-refractivity contribution in [2.75, 3.05) is 41.0 Å². The van der Waals surface area contributed by atoms with E-state index in [9.17, 15) is 46.8 Å². The number of amides is 8. The van der Waals surface area contributed by atoms with E-state index in [1.54, 1.807) is 81.9 Å². The lowest BCUT2D eigenvalue weighted by Crippen LogP contribution is -2.60. The van der Waals surface area contributed by atoms with Gasteiger partial charge >= 0.3 is 18.3 Å². The molecular formula is C75H96ClN13O15S. The number of nitrogens with one attached hydrogen (secondary N) is 7. The van der Waals surface area contributed by atoms with Crippen molar-refractivity contribution in [1.82, 2.24) is 65.6 Å². The summed E-state index contributed by atoms with van der Waals surface area (Å²) in [4.78, 5) is 132. The van der Waals surface area contributed by atoms with Crippen molar-refractivity contribution in [3.63, 3.8) is 0 Å². The Kier molecular flexibility index (Phi) is 23.6. The quantitative estimate of drug-likeness (QED) is 0.0245. The van der Waals surface area contributed by atoms with Crippen LogP contribution in [0.4, 0.5) is 14.4 Å². The van der Waals surface area contributed by atoms with Crippen LogP contribution in [0.1, 0.15) is 144 Å². The van der Waals surface area contributed by atoms with E-state index >= 15 is 0 Å². The molecule has 3 aliphatic heterocycles. The first-order valence-corrected chi connectivity index (χ1v) is 37.3. The van der Waals surface area contributed by atoms with Crippen LogP contribution in [0, 0.1) is 23.2 Å². The number of hydrogen-bond acceptors (Lipinski definition) is 18. The maximum absolute atomic E-state index is 14.4. The van der Waals surface area contributed by atoms with Crippen molar-refractivity contribution in [3.8, 4) is 45.3 Å². The van der Waals surface area contributed by atoms with Gasteiger partial charge in [0.05, 0.1) is 75.2 Å². The third-order valence-electron chi connectivity index (χ3n) is 19.5. The Hall–Kier alpha value is -9.77. The highest BCUT2D eigenvalue weighted by molar-refractivity contribution is 7.91. The zero-order valence-corrected chi connectivity index (χ0v) is 63.2. The zero-order valence-electron chi connectivity index (χ0n) is 61.6. The number of aromatic amines is 2. The van der Waals surface area contributed by atoms with Gasteiger partial charge in [0, 0.05) is 41.2 Å². The summed E-state index contributed by atoms with van der Waals surface area (Å²) in [5.74, 6) is -1.04. The van der Waals surface area contributed by atoms with Crippen LogP contribution < -0.4 is 35.5 Å². The van der Waals surface area contributed by atoms with Gasteiger partial charge in [-0.05, 0) is 123 Å². The Bertz CT molecular complexity index is 4200. The van der Waals surface area contributed by atoms with E-state index in [0.717, 1.165) is 71.0 Å². The minimum absolute atomic E-state index is 0.0204. The molecule has 5 fully saturated rings. The summed E-state index contributed by atoms with van der Waals surface area (Å²) in [6, 6.07) is 17.5. The molecule has 6 aromatic rings. The molecule has 0 unspecified atom stereocenters. The molecule has 3 aromatic heterocycles. The average molecular weight is 1490 g/mol. The molecule has 30 heteroatoms.